The Morgan fingerprint density at radius 1 is 1.10 bits per heavy atom. The average molecular weight is 424 g/mol. The molecule has 1 N–H and O–H groups in total. The van der Waals surface area contributed by atoms with Gasteiger partial charge in [-0.1, -0.05) is 17.7 Å². The lowest BCUT2D eigenvalue weighted by atomic mass is 10.0. The lowest BCUT2D eigenvalue weighted by Gasteiger charge is -2.34. The van der Waals surface area contributed by atoms with Crippen molar-refractivity contribution in [3.63, 3.8) is 0 Å². The first-order chi connectivity index (χ1) is 14.6. The van der Waals surface area contributed by atoms with E-state index in [-0.39, 0.29) is 34.9 Å². The van der Waals surface area contributed by atoms with Crippen LogP contribution in [0.25, 0.3) is 11.4 Å². The molecular formula is C22H19ClFN5O. The molecule has 0 radical (unpaired) electrons. The van der Waals surface area contributed by atoms with Crippen molar-refractivity contribution in [3.8, 4) is 11.4 Å². The molecule has 3 atom stereocenters. The molecule has 152 valence electrons. The van der Waals surface area contributed by atoms with Gasteiger partial charge in [-0.05, 0) is 49.1 Å². The predicted molar refractivity (Wildman–Crippen MR) is 112 cm³/mol. The maximum atomic E-state index is 14.7. The standard InChI is InChI=1S/C22H19ClFN5O/c23-14-5-6-19(27-11-14)28-17-9-13-10-18(17)29(12-13)22(30)15-3-1-4-16(24)20(15)21-25-7-2-8-26-21/h1-8,11,13,17-18H,9-10,12H2,(H,27,28)/t13?,17-,18?/m0/s1. The number of aromatic nitrogens is 3. The van der Waals surface area contributed by atoms with Crippen molar-refractivity contribution >= 4 is 23.3 Å². The molecule has 1 saturated heterocycles. The number of benzene rings is 1. The van der Waals surface area contributed by atoms with E-state index in [0.717, 1.165) is 18.7 Å². The quantitative estimate of drug-likeness (QED) is 0.685. The maximum Gasteiger partial charge on any atom is 0.255 e. The van der Waals surface area contributed by atoms with Crippen molar-refractivity contribution < 1.29 is 9.18 Å². The Hall–Kier alpha value is -3.06. The van der Waals surface area contributed by atoms with E-state index in [2.05, 4.69) is 20.3 Å². The van der Waals surface area contributed by atoms with E-state index in [1.807, 2.05) is 11.0 Å². The van der Waals surface area contributed by atoms with Crippen LogP contribution < -0.4 is 5.32 Å². The van der Waals surface area contributed by atoms with Crippen molar-refractivity contribution in [2.75, 3.05) is 11.9 Å². The topological polar surface area (TPSA) is 71.0 Å². The lowest BCUT2D eigenvalue weighted by Crippen LogP contribution is -2.47. The number of carbonyl (C=O) groups is 1. The molecule has 1 saturated carbocycles. The highest BCUT2D eigenvalue weighted by Gasteiger charge is 2.47. The number of pyridine rings is 1. The number of hydrogen-bond acceptors (Lipinski definition) is 5. The van der Waals surface area contributed by atoms with E-state index < -0.39 is 5.82 Å². The van der Waals surface area contributed by atoms with Crippen LogP contribution in [-0.2, 0) is 0 Å². The van der Waals surface area contributed by atoms with E-state index in [1.165, 1.54) is 6.07 Å². The van der Waals surface area contributed by atoms with E-state index in [0.29, 0.717) is 17.5 Å². The van der Waals surface area contributed by atoms with E-state index >= 15 is 0 Å². The minimum absolute atomic E-state index is 0.0211. The summed E-state index contributed by atoms with van der Waals surface area (Å²) in [5.74, 6) is 0.655. The van der Waals surface area contributed by atoms with Crippen molar-refractivity contribution in [2.45, 2.75) is 24.9 Å². The van der Waals surface area contributed by atoms with Crippen LogP contribution in [0.2, 0.25) is 5.02 Å². The Labute approximate surface area is 178 Å². The number of nitrogens with one attached hydrogen (secondary N) is 1. The Bertz CT molecular complexity index is 1080. The van der Waals surface area contributed by atoms with Gasteiger partial charge < -0.3 is 10.2 Å². The van der Waals surface area contributed by atoms with E-state index in [4.69, 9.17) is 11.6 Å². The normalized spacial score (nSPS) is 22.3. The Morgan fingerprint density at radius 2 is 1.93 bits per heavy atom. The maximum absolute atomic E-state index is 14.7. The summed E-state index contributed by atoms with van der Waals surface area (Å²) in [4.78, 5) is 27.9. The molecule has 1 aliphatic heterocycles. The van der Waals surface area contributed by atoms with E-state index in [9.17, 15) is 9.18 Å². The minimum Gasteiger partial charge on any atom is -0.365 e. The number of likely N-dealkylation sites (tertiary alicyclic amines) is 1. The third kappa shape index (κ3) is 3.39. The third-order valence-electron chi connectivity index (χ3n) is 5.84. The molecule has 2 bridgehead atoms. The number of carbonyl (C=O) groups excluding carboxylic acids is 1. The zero-order valence-corrected chi connectivity index (χ0v) is 16.8. The molecule has 5 rings (SSSR count). The Balaban J connectivity index is 1.42. The van der Waals surface area contributed by atoms with Crippen LogP contribution in [0, 0.1) is 11.7 Å². The smallest absolute Gasteiger partial charge is 0.255 e. The van der Waals surface area contributed by atoms with Gasteiger partial charge in [-0.2, -0.15) is 0 Å². The first-order valence-electron chi connectivity index (χ1n) is 9.85. The number of hydrogen-bond donors (Lipinski definition) is 1. The van der Waals surface area contributed by atoms with Crippen molar-refractivity contribution in [2.24, 2.45) is 5.92 Å². The summed E-state index contributed by atoms with van der Waals surface area (Å²) in [6.45, 7) is 0.668. The number of fused-ring (bicyclic) bond motifs is 2. The zero-order chi connectivity index (χ0) is 20.7. The molecule has 1 aromatic carbocycles. The zero-order valence-electron chi connectivity index (χ0n) is 16.0. The summed E-state index contributed by atoms with van der Waals surface area (Å²) in [5, 5.41) is 4.01. The number of nitrogens with zero attached hydrogens (tertiary/aromatic N) is 4. The average Bonchev–Trinajstić information content (AvgIpc) is 3.36. The Morgan fingerprint density at radius 3 is 2.67 bits per heavy atom. The highest BCUT2D eigenvalue weighted by molar-refractivity contribution is 6.30. The van der Waals surface area contributed by atoms with Gasteiger partial charge in [-0.25, -0.2) is 19.3 Å². The van der Waals surface area contributed by atoms with Crippen LogP contribution in [0.4, 0.5) is 10.2 Å². The number of amides is 1. The molecule has 2 fully saturated rings. The first-order valence-corrected chi connectivity index (χ1v) is 10.2. The molecule has 1 aliphatic carbocycles. The number of halogens is 2. The monoisotopic (exact) mass is 423 g/mol. The van der Waals surface area contributed by atoms with Crippen molar-refractivity contribution in [1.29, 1.82) is 0 Å². The van der Waals surface area contributed by atoms with Gasteiger partial charge in [-0.15, -0.1) is 0 Å². The van der Waals surface area contributed by atoms with Crippen molar-refractivity contribution in [1.82, 2.24) is 19.9 Å². The summed E-state index contributed by atoms with van der Waals surface area (Å²) in [6.07, 6.45) is 6.57. The van der Waals surface area contributed by atoms with Crippen molar-refractivity contribution in [3.05, 3.63) is 71.4 Å². The third-order valence-corrected chi connectivity index (χ3v) is 6.06. The number of anilines is 1. The van der Waals surface area contributed by atoms with Gasteiger partial charge in [0.2, 0.25) is 0 Å². The predicted octanol–water partition coefficient (Wildman–Crippen LogP) is 4.05. The van der Waals surface area contributed by atoms with Gasteiger partial charge in [0.05, 0.1) is 22.2 Å². The minimum atomic E-state index is -0.503. The van der Waals surface area contributed by atoms with Gasteiger partial charge in [0, 0.05) is 31.2 Å². The second-order valence-electron chi connectivity index (χ2n) is 7.71. The highest BCUT2D eigenvalue weighted by Crippen LogP contribution is 2.40. The lowest BCUT2D eigenvalue weighted by molar-refractivity contribution is 0.0692. The molecule has 2 unspecified atom stereocenters. The van der Waals surface area contributed by atoms with Crippen LogP contribution in [0.5, 0.6) is 0 Å². The van der Waals surface area contributed by atoms with E-state index in [1.54, 1.807) is 42.9 Å². The van der Waals surface area contributed by atoms with Gasteiger partial charge >= 0.3 is 0 Å². The molecule has 1 amide bonds. The summed E-state index contributed by atoms with van der Waals surface area (Å²) >= 11 is 5.92. The molecule has 0 spiro atoms. The summed E-state index contributed by atoms with van der Waals surface area (Å²) in [6, 6.07) is 9.91. The second-order valence-corrected chi connectivity index (χ2v) is 8.15. The van der Waals surface area contributed by atoms with Crippen LogP contribution in [-0.4, -0.2) is 44.4 Å². The first kappa shape index (κ1) is 18.9. The molecule has 3 heterocycles. The molecule has 2 aliphatic rings. The summed E-state index contributed by atoms with van der Waals surface area (Å²) < 4.78 is 14.7. The number of rotatable bonds is 4. The molecule has 2 aromatic heterocycles. The van der Waals surface area contributed by atoms with Gasteiger partial charge in [0.1, 0.15) is 11.6 Å². The van der Waals surface area contributed by atoms with Gasteiger partial charge in [-0.3, -0.25) is 4.79 Å². The second kappa shape index (κ2) is 7.65. The van der Waals surface area contributed by atoms with Crippen LogP contribution >= 0.6 is 11.6 Å². The highest BCUT2D eigenvalue weighted by atomic mass is 35.5. The molecule has 8 heteroatoms. The number of piperidine rings is 1. The SMILES string of the molecule is O=C(c1cccc(F)c1-c1ncccn1)N1CC2CC1[C@@H](Nc1ccc(Cl)cn1)C2. The summed E-state index contributed by atoms with van der Waals surface area (Å²) in [5.41, 5.74) is 0.437. The largest absolute Gasteiger partial charge is 0.365 e. The van der Waals surface area contributed by atoms with Gasteiger partial charge in [0.15, 0.2) is 5.82 Å². The van der Waals surface area contributed by atoms with Crippen LogP contribution in [0.1, 0.15) is 23.2 Å². The van der Waals surface area contributed by atoms with Crippen LogP contribution in [0.15, 0.2) is 55.0 Å². The van der Waals surface area contributed by atoms with Crippen LogP contribution in [0.3, 0.4) is 0 Å². The fourth-order valence-electron chi connectivity index (χ4n) is 4.58. The summed E-state index contributed by atoms with van der Waals surface area (Å²) in [7, 11) is 0. The van der Waals surface area contributed by atoms with Gasteiger partial charge in [0.25, 0.3) is 5.91 Å². The Kier molecular flexibility index (Phi) is 4.83. The molecular weight excluding hydrogens is 405 g/mol. The molecule has 6 nitrogen and oxygen atoms in total. The fourth-order valence-corrected chi connectivity index (χ4v) is 4.69. The molecule has 30 heavy (non-hydrogen) atoms. The molecule has 3 aromatic rings. The fraction of sp³-hybridized carbons (Fsp3) is 0.273.